The Bertz CT molecular complexity index is 350. The lowest BCUT2D eigenvalue weighted by atomic mass is 10.2. The van der Waals surface area contributed by atoms with Gasteiger partial charge in [-0.25, -0.2) is 4.79 Å². The summed E-state index contributed by atoms with van der Waals surface area (Å²) in [5.41, 5.74) is 0.504. The number of H-pyrrole nitrogens is 1. The van der Waals surface area contributed by atoms with Crippen LogP contribution in [0.25, 0.3) is 6.08 Å². The second kappa shape index (κ2) is 5.34. The molecule has 0 spiro atoms. The van der Waals surface area contributed by atoms with E-state index in [2.05, 4.69) is 15.5 Å². The Kier molecular flexibility index (Phi) is 4.10. The molecular formula is C11H17N3O2. The SMILES string of the molecule is CC(C)(C)OC(=O)NCC=Cc1cn[nH]c1. The number of alkyl carbamates (subject to hydrolysis) is 1. The first-order valence-electron chi connectivity index (χ1n) is 5.09. The fourth-order valence-corrected chi connectivity index (χ4v) is 1.00. The van der Waals surface area contributed by atoms with Crippen LogP contribution in [0.1, 0.15) is 26.3 Å². The van der Waals surface area contributed by atoms with Gasteiger partial charge in [-0.1, -0.05) is 12.2 Å². The van der Waals surface area contributed by atoms with E-state index in [4.69, 9.17) is 4.74 Å². The van der Waals surface area contributed by atoms with Gasteiger partial charge < -0.3 is 10.1 Å². The summed E-state index contributed by atoms with van der Waals surface area (Å²) >= 11 is 0. The van der Waals surface area contributed by atoms with Crippen LogP contribution in [0.4, 0.5) is 4.79 Å². The third-order valence-electron chi connectivity index (χ3n) is 1.59. The van der Waals surface area contributed by atoms with E-state index in [1.54, 1.807) is 12.4 Å². The van der Waals surface area contributed by atoms with Crippen molar-refractivity contribution in [3.05, 3.63) is 24.0 Å². The number of aromatic amines is 1. The average Bonchev–Trinajstić information content (AvgIpc) is 2.62. The largest absolute Gasteiger partial charge is 0.444 e. The molecule has 1 heterocycles. The summed E-state index contributed by atoms with van der Waals surface area (Å²) in [6.07, 6.45) is 6.74. The number of amides is 1. The number of carbonyl (C=O) groups excluding carboxylic acids is 1. The lowest BCUT2D eigenvalue weighted by molar-refractivity contribution is 0.0534. The zero-order chi connectivity index (χ0) is 12.0. The first kappa shape index (κ1) is 12.3. The third kappa shape index (κ3) is 5.19. The molecular weight excluding hydrogens is 206 g/mol. The van der Waals surface area contributed by atoms with E-state index < -0.39 is 11.7 Å². The van der Waals surface area contributed by atoms with Crippen molar-refractivity contribution < 1.29 is 9.53 Å². The number of nitrogens with zero attached hydrogens (tertiary/aromatic N) is 1. The van der Waals surface area contributed by atoms with Crippen molar-refractivity contribution in [3.63, 3.8) is 0 Å². The molecule has 88 valence electrons. The fraction of sp³-hybridized carbons (Fsp3) is 0.455. The molecule has 0 aliphatic rings. The zero-order valence-electron chi connectivity index (χ0n) is 9.78. The van der Waals surface area contributed by atoms with Crippen LogP contribution in [-0.4, -0.2) is 28.4 Å². The van der Waals surface area contributed by atoms with Crippen molar-refractivity contribution in [2.24, 2.45) is 0 Å². The minimum atomic E-state index is -0.460. The highest BCUT2D eigenvalue weighted by Crippen LogP contribution is 2.06. The van der Waals surface area contributed by atoms with E-state index in [9.17, 15) is 4.79 Å². The average molecular weight is 223 g/mol. The van der Waals surface area contributed by atoms with Crippen LogP contribution >= 0.6 is 0 Å². The summed E-state index contributed by atoms with van der Waals surface area (Å²) < 4.78 is 5.07. The van der Waals surface area contributed by atoms with Crippen molar-refractivity contribution in [2.45, 2.75) is 26.4 Å². The van der Waals surface area contributed by atoms with Gasteiger partial charge in [-0.2, -0.15) is 5.10 Å². The molecule has 0 unspecified atom stereocenters. The molecule has 2 N–H and O–H groups in total. The van der Waals surface area contributed by atoms with Gasteiger partial charge in [0.25, 0.3) is 0 Å². The monoisotopic (exact) mass is 223 g/mol. The molecule has 1 amide bonds. The van der Waals surface area contributed by atoms with Crippen LogP contribution in [0.15, 0.2) is 18.5 Å². The van der Waals surface area contributed by atoms with Crippen molar-refractivity contribution >= 4 is 12.2 Å². The Hall–Kier alpha value is -1.78. The molecule has 1 rings (SSSR count). The predicted molar refractivity (Wildman–Crippen MR) is 61.9 cm³/mol. The fourth-order valence-electron chi connectivity index (χ4n) is 1.00. The molecule has 0 saturated heterocycles. The molecule has 0 radical (unpaired) electrons. The maximum absolute atomic E-state index is 11.2. The van der Waals surface area contributed by atoms with Gasteiger partial charge in [-0.3, -0.25) is 5.10 Å². The van der Waals surface area contributed by atoms with Crippen molar-refractivity contribution in [3.8, 4) is 0 Å². The summed E-state index contributed by atoms with van der Waals surface area (Å²) in [5, 5.41) is 9.12. The van der Waals surface area contributed by atoms with Gasteiger partial charge in [0.15, 0.2) is 0 Å². The Morgan fingerprint density at radius 1 is 1.62 bits per heavy atom. The normalized spacial score (nSPS) is 11.7. The number of ether oxygens (including phenoxy) is 1. The summed E-state index contributed by atoms with van der Waals surface area (Å²) in [6, 6.07) is 0. The number of rotatable bonds is 3. The smallest absolute Gasteiger partial charge is 0.407 e. The van der Waals surface area contributed by atoms with Gasteiger partial charge in [-0.15, -0.1) is 0 Å². The number of carbonyl (C=O) groups is 1. The molecule has 5 nitrogen and oxygen atoms in total. The lowest BCUT2D eigenvalue weighted by Crippen LogP contribution is -2.32. The topological polar surface area (TPSA) is 67.0 Å². The quantitative estimate of drug-likeness (QED) is 0.823. The van der Waals surface area contributed by atoms with Crippen LogP contribution in [-0.2, 0) is 4.74 Å². The number of hydrogen-bond donors (Lipinski definition) is 2. The minimum Gasteiger partial charge on any atom is -0.444 e. The Morgan fingerprint density at radius 3 is 2.94 bits per heavy atom. The minimum absolute atomic E-state index is 0.413. The second-order valence-electron chi connectivity index (χ2n) is 4.32. The van der Waals surface area contributed by atoms with Gasteiger partial charge in [0.2, 0.25) is 0 Å². The summed E-state index contributed by atoms with van der Waals surface area (Å²) in [6.45, 7) is 5.91. The first-order chi connectivity index (χ1) is 7.47. The standard InChI is InChI=1S/C11H17N3O2/c1-11(2,3)16-10(15)12-6-4-5-9-7-13-14-8-9/h4-5,7-8H,6H2,1-3H3,(H,12,15)(H,13,14). The number of hydrogen-bond acceptors (Lipinski definition) is 3. The molecule has 16 heavy (non-hydrogen) atoms. The van der Waals surface area contributed by atoms with Crippen molar-refractivity contribution in [1.82, 2.24) is 15.5 Å². The maximum atomic E-state index is 11.2. The van der Waals surface area contributed by atoms with E-state index in [0.29, 0.717) is 6.54 Å². The molecule has 0 atom stereocenters. The number of nitrogens with one attached hydrogen (secondary N) is 2. The summed E-state index contributed by atoms with van der Waals surface area (Å²) in [5.74, 6) is 0. The zero-order valence-corrected chi connectivity index (χ0v) is 9.78. The third-order valence-corrected chi connectivity index (χ3v) is 1.59. The molecule has 0 saturated carbocycles. The van der Waals surface area contributed by atoms with Crippen LogP contribution in [0.3, 0.4) is 0 Å². The predicted octanol–water partition coefficient (Wildman–Crippen LogP) is 1.95. The molecule has 1 aromatic heterocycles. The maximum Gasteiger partial charge on any atom is 0.407 e. The van der Waals surface area contributed by atoms with Gasteiger partial charge in [-0.05, 0) is 20.8 Å². The molecule has 0 fully saturated rings. The van der Waals surface area contributed by atoms with E-state index in [1.807, 2.05) is 32.9 Å². The second-order valence-corrected chi connectivity index (χ2v) is 4.32. The molecule has 0 bridgehead atoms. The van der Waals surface area contributed by atoms with E-state index >= 15 is 0 Å². The van der Waals surface area contributed by atoms with E-state index in [1.165, 1.54) is 0 Å². The van der Waals surface area contributed by atoms with E-state index in [0.717, 1.165) is 5.56 Å². The van der Waals surface area contributed by atoms with Crippen LogP contribution in [0.2, 0.25) is 0 Å². The summed E-state index contributed by atoms with van der Waals surface area (Å²) in [7, 11) is 0. The number of aromatic nitrogens is 2. The van der Waals surface area contributed by atoms with Crippen LogP contribution in [0.5, 0.6) is 0 Å². The van der Waals surface area contributed by atoms with Gasteiger partial charge in [0, 0.05) is 18.3 Å². The molecule has 0 aromatic carbocycles. The molecule has 0 aliphatic heterocycles. The molecule has 0 aliphatic carbocycles. The van der Waals surface area contributed by atoms with Crippen LogP contribution < -0.4 is 5.32 Å². The summed E-state index contributed by atoms with van der Waals surface area (Å²) in [4.78, 5) is 11.2. The highest BCUT2D eigenvalue weighted by molar-refractivity contribution is 5.68. The van der Waals surface area contributed by atoms with Crippen molar-refractivity contribution in [1.29, 1.82) is 0 Å². The first-order valence-corrected chi connectivity index (χ1v) is 5.09. The van der Waals surface area contributed by atoms with Gasteiger partial charge in [0.05, 0.1) is 6.20 Å². The Morgan fingerprint density at radius 2 is 2.38 bits per heavy atom. The van der Waals surface area contributed by atoms with Crippen LogP contribution in [0, 0.1) is 0 Å². The highest BCUT2D eigenvalue weighted by Gasteiger charge is 2.14. The Labute approximate surface area is 94.9 Å². The molecule has 5 heteroatoms. The van der Waals surface area contributed by atoms with Gasteiger partial charge >= 0.3 is 6.09 Å². The van der Waals surface area contributed by atoms with Gasteiger partial charge in [0.1, 0.15) is 5.60 Å². The van der Waals surface area contributed by atoms with E-state index in [-0.39, 0.29) is 0 Å². The lowest BCUT2D eigenvalue weighted by Gasteiger charge is -2.19. The van der Waals surface area contributed by atoms with Crippen molar-refractivity contribution in [2.75, 3.05) is 6.54 Å². The molecule has 1 aromatic rings. The highest BCUT2D eigenvalue weighted by atomic mass is 16.6. The Balaban J connectivity index is 2.23.